The number of carbonyl (C=O) groups excluding carboxylic acids is 1. The predicted octanol–water partition coefficient (Wildman–Crippen LogP) is 5.62. The van der Waals surface area contributed by atoms with Gasteiger partial charge in [0, 0.05) is 4.90 Å². The molecule has 0 aromatic heterocycles. The lowest BCUT2D eigenvalue weighted by atomic mass is 9.97. The Morgan fingerprint density at radius 1 is 0.868 bits per heavy atom. The van der Waals surface area contributed by atoms with Crippen LogP contribution in [0.15, 0.2) is 108 Å². The molecular formula is C31H29NO5S. The molecule has 0 aliphatic carbocycles. The Hall–Kier alpha value is -3.36. The Morgan fingerprint density at radius 2 is 1.58 bits per heavy atom. The van der Waals surface area contributed by atoms with Crippen LogP contribution in [0.2, 0.25) is 0 Å². The first-order valence-corrected chi connectivity index (χ1v) is 13.7. The number of amides is 1. The molecule has 6 rings (SSSR count). The number of aliphatic hydroxyl groups excluding tert-OH is 1. The molecule has 0 saturated carbocycles. The molecule has 7 heteroatoms. The average molecular weight is 528 g/mol. The fraction of sp³-hybridized carbons (Fsp3) is 0.258. The van der Waals surface area contributed by atoms with Gasteiger partial charge in [-0.1, -0.05) is 103 Å². The van der Waals surface area contributed by atoms with E-state index in [4.69, 9.17) is 14.2 Å². The summed E-state index contributed by atoms with van der Waals surface area (Å²) in [6.07, 6.45) is -2.81. The molecule has 2 heterocycles. The molecule has 2 aliphatic rings. The summed E-state index contributed by atoms with van der Waals surface area (Å²) in [6.45, 7) is 0.954. The molecule has 0 bridgehead atoms. The Labute approximate surface area is 226 Å². The Bertz CT molecular complexity index is 1380. The third kappa shape index (κ3) is 5.15. The molecule has 38 heavy (non-hydrogen) atoms. The lowest BCUT2D eigenvalue weighted by Crippen LogP contribution is -2.59. The summed E-state index contributed by atoms with van der Waals surface area (Å²) in [6, 6.07) is 33.6. The molecule has 194 valence electrons. The Balaban J connectivity index is 1.25. The van der Waals surface area contributed by atoms with Crippen molar-refractivity contribution in [3.05, 3.63) is 114 Å². The minimum Gasteiger partial charge on any atom is -0.441 e. The topological polar surface area (TPSA) is 68.2 Å². The zero-order chi connectivity index (χ0) is 25.9. The molecule has 0 radical (unpaired) electrons. The summed E-state index contributed by atoms with van der Waals surface area (Å²) < 4.78 is 18.2. The largest absolute Gasteiger partial charge is 0.441 e. The molecule has 0 spiro atoms. The van der Waals surface area contributed by atoms with Crippen LogP contribution in [0.4, 0.5) is 4.79 Å². The van der Waals surface area contributed by atoms with Gasteiger partial charge in [-0.2, -0.15) is 0 Å². The summed E-state index contributed by atoms with van der Waals surface area (Å²) in [5.74, 6) is 0. The molecule has 1 amide bonds. The highest BCUT2D eigenvalue weighted by Gasteiger charge is 2.56. The Kier molecular flexibility index (Phi) is 7.33. The summed E-state index contributed by atoms with van der Waals surface area (Å²) in [5, 5.41) is 13.5. The highest BCUT2D eigenvalue weighted by atomic mass is 32.2. The van der Waals surface area contributed by atoms with Crippen LogP contribution in [0.25, 0.3) is 10.8 Å². The van der Waals surface area contributed by atoms with Crippen molar-refractivity contribution < 1.29 is 24.1 Å². The summed E-state index contributed by atoms with van der Waals surface area (Å²) in [5.41, 5.74) is 1.61. The number of nitrogens with zero attached hydrogens (tertiary/aromatic N) is 1. The van der Waals surface area contributed by atoms with E-state index >= 15 is 0 Å². The summed E-state index contributed by atoms with van der Waals surface area (Å²) >= 11 is 1.53. The quantitative estimate of drug-likeness (QED) is 0.321. The van der Waals surface area contributed by atoms with E-state index < -0.39 is 35.9 Å². The highest BCUT2D eigenvalue weighted by Crippen LogP contribution is 2.41. The molecule has 5 atom stereocenters. The first-order chi connectivity index (χ1) is 18.7. The molecule has 0 unspecified atom stereocenters. The van der Waals surface area contributed by atoms with E-state index in [2.05, 4.69) is 18.2 Å². The molecule has 4 aromatic rings. The van der Waals surface area contributed by atoms with Gasteiger partial charge in [0.2, 0.25) is 0 Å². The second kappa shape index (κ2) is 11.2. The third-order valence-electron chi connectivity index (χ3n) is 7.08. The van der Waals surface area contributed by atoms with Gasteiger partial charge >= 0.3 is 6.09 Å². The molecule has 4 aromatic carbocycles. The number of hydrogen-bond donors (Lipinski definition) is 1. The van der Waals surface area contributed by atoms with Crippen LogP contribution < -0.4 is 0 Å². The van der Waals surface area contributed by atoms with Crippen molar-refractivity contribution in [1.29, 1.82) is 0 Å². The molecule has 2 saturated heterocycles. The van der Waals surface area contributed by atoms with Gasteiger partial charge in [0.05, 0.1) is 19.8 Å². The monoisotopic (exact) mass is 527 g/mol. The van der Waals surface area contributed by atoms with Crippen molar-refractivity contribution in [2.24, 2.45) is 0 Å². The summed E-state index contributed by atoms with van der Waals surface area (Å²) in [4.78, 5) is 15.9. The summed E-state index contributed by atoms with van der Waals surface area (Å²) in [7, 11) is 0. The van der Waals surface area contributed by atoms with Gasteiger partial charge in [0.15, 0.2) is 6.10 Å². The minimum atomic E-state index is -1.01. The third-order valence-corrected chi connectivity index (χ3v) is 8.25. The second-order valence-corrected chi connectivity index (χ2v) is 10.7. The average Bonchev–Trinajstić information content (AvgIpc) is 3.28. The maximum Gasteiger partial charge on any atom is 0.411 e. The van der Waals surface area contributed by atoms with E-state index in [-0.39, 0.29) is 6.61 Å². The van der Waals surface area contributed by atoms with Crippen LogP contribution in [0.5, 0.6) is 0 Å². The normalized spacial score (nSPS) is 24.8. The molecule has 2 aliphatic heterocycles. The number of carbonyl (C=O) groups is 1. The van der Waals surface area contributed by atoms with Crippen molar-refractivity contribution in [1.82, 2.24) is 4.90 Å². The van der Waals surface area contributed by atoms with Crippen LogP contribution in [-0.4, -0.2) is 52.5 Å². The Morgan fingerprint density at radius 3 is 2.39 bits per heavy atom. The van der Waals surface area contributed by atoms with Gasteiger partial charge in [0.1, 0.15) is 23.7 Å². The molecule has 1 N–H and O–H groups in total. The van der Waals surface area contributed by atoms with Crippen molar-refractivity contribution in [3.63, 3.8) is 0 Å². The SMILES string of the molecule is O=C1O[C@H]2[C@H](O)[C@@H](COCc3ccccc3)O[C@H](Sc3ccccc3)[C@@H]2N1Cc1cccc2ccccc12. The zero-order valence-corrected chi connectivity index (χ0v) is 21.6. The minimum absolute atomic E-state index is 0.187. The van der Waals surface area contributed by atoms with Crippen molar-refractivity contribution in [2.75, 3.05) is 6.61 Å². The maximum absolute atomic E-state index is 13.2. The van der Waals surface area contributed by atoms with Crippen LogP contribution >= 0.6 is 11.8 Å². The van der Waals surface area contributed by atoms with Gasteiger partial charge in [-0.05, 0) is 34.0 Å². The predicted molar refractivity (Wildman–Crippen MR) is 147 cm³/mol. The highest BCUT2D eigenvalue weighted by molar-refractivity contribution is 7.99. The van der Waals surface area contributed by atoms with E-state index in [1.807, 2.05) is 84.9 Å². The fourth-order valence-corrected chi connectivity index (χ4v) is 6.41. The number of aliphatic hydroxyl groups is 1. The molecule has 2 fully saturated rings. The van der Waals surface area contributed by atoms with Gasteiger partial charge in [-0.15, -0.1) is 0 Å². The number of hydrogen-bond acceptors (Lipinski definition) is 6. The first kappa shape index (κ1) is 24.9. The van der Waals surface area contributed by atoms with E-state index in [9.17, 15) is 9.90 Å². The van der Waals surface area contributed by atoms with Crippen molar-refractivity contribution in [3.8, 4) is 0 Å². The van der Waals surface area contributed by atoms with Gasteiger partial charge in [0.25, 0.3) is 0 Å². The van der Waals surface area contributed by atoms with Crippen molar-refractivity contribution in [2.45, 2.75) is 47.8 Å². The fourth-order valence-electron chi connectivity index (χ4n) is 5.19. The smallest absolute Gasteiger partial charge is 0.411 e. The van der Waals surface area contributed by atoms with E-state index in [0.29, 0.717) is 13.2 Å². The van der Waals surface area contributed by atoms with Crippen LogP contribution in [-0.2, 0) is 27.4 Å². The lowest BCUT2D eigenvalue weighted by molar-refractivity contribution is -0.169. The number of benzene rings is 4. The van der Waals surface area contributed by atoms with E-state index in [1.54, 1.807) is 4.90 Å². The van der Waals surface area contributed by atoms with E-state index in [1.165, 1.54) is 11.8 Å². The van der Waals surface area contributed by atoms with Gasteiger partial charge in [-0.3, -0.25) is 4.90 Å². The van der Waals surface area contributed by atoms with Crippen LogP contribution in [0, 0.1) is 0 Å². The standard InChI is InChI=1S/C31H29NO5S/c33-28-26(20-35-19-21-10-3-1-4-11-21)36-30(38-24-15-5-2-6-16-24)27-29(28)37-31(34)32(27)18-23-14-9-13-22-12-7-8-17-25(22)23/h1-17,26-30,33H,18-20H2/t26-,27-,28-,29-,30-/m1/s1. The second-order valence-electron chi connectivity index (χ2n) is 9.57. The van der Waals surface area contributed by atoms with Gasteiger partial charge < -0.3 is 19.3 Å². The van der Waals surface area contributed by atoms with Crippen LogP contribution in [0.1, 0.15) is 11.1 Å². The van der Waals surface area contributed by atoms with Crippen LogP contribution in [0.3, 0.4) is 0 Å². The van der Waals surface area contributed by atoms with Gasteiger partial charge in [-0.25, -0.2) is 4.79 Å². The zero-order valence-electron chi connectivity index (χ0n) is 20.8. The number of thioether (sulfide) groups is 1. The maximum atomic E-state index is 13.2. The molecule has 6 nitrogen and oxygen atoms in total. The van der Waals surface area contributed by atoms with E-state index in [0.717, 1.165) is 26.8 Å². The van der Waals surface area contributed by atoms with Crippen molar-refractivity contribution >= 4 is 28.6 Å². The number of fused-ring (bicyclic) bond motifs is 2. The number of rotatable bonds is 8. The lowest BCUT2D eigenvalue weighted by Gasteiger charge is -2.42. The first-order valence-electron chi connectivity index (χ1n) is 12.8. The number of ether oxygens (including phenoxy) is 3. The molecular weight excluding hydrogens is 498 g/mol.